The van der Waals surface area contributed by atoms with E-state index in [2.05, 4.69) is 22.1 Å². The van der Waals surface area contributed by atoms with Crippen LogP contribution >= 0.6 is 0 Å². The zero-order valence-corrected chi connectivity index (χ0v) is 20.1. The number of benzene rings is 2. The van der Waals surface area contributed by atoms with Crippen LogP contribution in [0.25, 0.3) is 17.1 Å². The number of piperidine rings is 1. The third kappa shape index (κ3) is 4.81. The van der Waals surface area contributed by atoms with Crippen molar-refractivity contribution in [2.24, 2.45) is 0 Å². The largest absolute Gasteiger partial charge is 0.497 e. The molecule has 0 atom stereocenters. The van der Waals surface area contributed by atoms with E-state index in [1.807, 2.05) is 59.6 Å². The number of ether oxygens (including phenoxy) is 1. The van der Waals surface area contributed by atoms with Gasteiger partial charge in [-0.05, 0) is 69.4 Å². The van der Waals surface area contributed by atoms with E-state index in [9.17, 15) is 4.79 Å². The van der Waals surface area contributed by atoms with Crippen LogP contribution in [0.2, 0.25) is 0 Å². The number of likely N-dealkylation sites (tertiary alicyclic amines) is 1. The minimum Gasteiger partial charge on any atom is -0.497 e. The Bertz CT molecular complexity index is 1320. The molecule has 2 aromatic carbocycles. The van der Waals surface area contributed by atoms with Crippen molar-refractivity contribution >= 4 is 11.7 Å². The van der Waals surface area contributed by atoms with Crippen molar-refractivity contribution in [2.45, 2.75) is 25.8 Å². The maximum Gasteiger partial charge on any atom is 0.259 e. The molecule has 2 aromatic heterocycles. The van der Waals surface area contributed by atoms with Gasteiger partial charge in [-0.1, -0.05) is 12.1 Å². The summed E-state index contributed by atoms with van der Waals surface area (Å²) < 4.78 is 12.7. The first-order chi connectivity index (χ1) is 17.0. The molecule has 0 spiro atoms. The number of hydrogen-bond donors (Lipinski definition) is 0. The number of anilines is 1. The molecule has 1 saturated heterocycles. The fourth-order valence-electron chi connectivity index (χ4n) is 4.39. The summed E-state index contributed by atoms with van der Waals surface area (Å²) in [6, 6.07) is 16.9. The van der Waals surface area contributed by atoms with Crippen LogP contribution in [0, 0.1) is 6.92 Å². The number of rotatable bonds is 6. The second kappa shape index (κ2) is 9.71. The zero-order valence-electron chi connectivity index (χ0n) is 20.1. The molecule has 0 unspecified atom stereocenters. The Balaban J connectivity index is 1.48. The molecule has 180 valence electrons. The second-order valence-corrected chi connectivity index (χ2v) is 8.74. The van der Waals surface area contributed by atoms with Crippen molar-refractivity contribution in [3.63, 3.8) is 0 Å². The highest BCUT2D eigenvalue weighted by molar-refractivity contribution is 6.06. The van der Waals surface area contributed by atoms with Gasteiger partial charge in [0.05, 0.1) is 12.8 Å². The molecule has 9 nitrogen and oxygen atoms in total. The van der Waals surface area contributed by atoms with Gasteiger partial charge in [0.1, 0.15) is 5.75 Å². The van der Waals surface area contributed by atoms with Crippen LogP contribution in [0.15, 0.2) is 65.2 Å². The lowest BCUT2D eigenvalue weighted by Crippen LogP contribution is -2.47. The molecule has 0 N–H and O–H groups in total. The number of hydrogen-bond acceptors (Lipinski definition) is 7. The van der Waals surface area contributed by atoms with E-state index in [1.54, 1.807) is 24.8 Å². The standard InChI is InChI=1S/C26H28N6O3/c1-18-27-28-25(35-18)19-6-4-8-22(16-19)31-15-12-24(29-31)32(21-10-13-30(2)14-11-21)26(33)20-7-5-9-23(17-20)34-3/h4-9,12,15-17,21H,10-11,13-14H2,1-3H3. The fourth-order valence-corrected chi connectivity index (χ4v) is 4.39. The molecule has 0 bridgehead atoms. The number of aromatic nitrogens is 4. The van der Waals surface area contributed by atoms with Gasteiger partial charge >= 0.3 is 0 Å². The maximum atomic E-state index is 13.8. The number of nitrogens with zero attached hydrogens (tertiary/aromatic N) is 6. The highest BCUT2D eigenvalue weighted by Crippen LogP contribution is 2.27. The van der Waals surface area contributed by atoms with Crippen LogP contribution < -0.4 is 9.64 Å². The Morgan fingerprint density at radius 3 is 2.63 bits per heavy atom. The van der Waals surface area contributed by atoms with E-state index in [4.69, 9.17) is 14.3 Å². The molecule has 9 heteroatoms. The lowest BCUT2D eigenvalue weighted by atomic mass is 10.0. The van der Waals surface area contributed by atoms with E-state index >= 15 is 0 Å². The third-order valence-electron chi connectivity index (χ3n) is 6.29. The van der Waals surface area contributed by atoms with Crippen molar-refractivity contribution in [3.8, 4) is 22.9 Å². The zero-order chi connectivity index (χ0) is 24.4. The van der Waals surface area contributed by atoms with Crippen molar-refractivity contribution in [1.29, 1.82) is 0 Å². The van der Waals surface area contributed by atoms with Gasteiger partial charge in [-0.25, -0.2) is 4.68 Å². The topological polar surface area (TPSA) is 89.5 Å². The average Bonchev–Trinajstić information content (AvgIpc) is 3.55. The number of methoxy groups -OCH3 is 1. The highest BCUT2D eigenvalue weighted by Gasteiger charge is 2.31. The number of amides is 1. The third-order valence-corrected chi connectivity index (χ3v) is 6.29. The molecule has 1 aliphatic rings. The Morgan fingerprint density at radius 2 is 1.89 bits per heavy atom. The minimum atomic E-state index is -0.0845. The van der Waals surface area contributed by atoms with Gasteiger partial charge in [0.25, 0.3) is 5.91 Å². The molecular weight excluding hydrogens is 444 g/mol. The first-order valence-corrected chi connectivity index (χ1v) is 11.6. The fraction of sp³-hybridized carbons (Fsp3) is 0.308. The predicted octanol–water partition coefficient (Wildman–Crippen LogP) is 3.98. The number of carbonyl (C=O) groups is 1. The van der Waals surface area contributed by atoms with Gasteiger partial charge in [0.2, 0.25) is 11.8 Å². The highest BCUT2D eigenvalue weighted by atomic mass is 16.5. The Kier molecular flexibility index (Phi) is 6.33. The summed E-state index contributed by atoms with van der Waals surface area (Å²) in [5, 5.41) is 12.8. The first kappa shape index (κ1) is 22.8. The molecule has 0 radical (unpaired) electrons. The summed E-state index contributed by atoms with van der Waals surface area (Å²) in [7, 11) is 3.71. The average molecular weight is 473 g/mol. The van der Waals surface area contributed by atoms with E-state index in [0.29, 0.717) is 28.9 Å². The summed E-state index contributed by atoms with van der Waals surface area (Å²) in [6.07, 6.45) is 3.63. The van der Waals surface area contributed by atoms with Gasteiger partial charge < -0.3 is 14.1 Å². The molecule has 0 saturated carbocycles. The van der Waals surface area contributed by atoms with Gasteiger partial charge in [-0.3, -0.25) is 9.69 Å². The normalized spacial score (nSPS) is 14.7. The lowest BCUT2D eigenvalue weighted by Gasteiger charge is -2.36. The van der Waals surface area contributed by atoms with Crippen molar-refractivity contribution in [3.05, 3.63) is 72.2 Å². The molecule has 4 aromatic rings. The second-order valence-electron chi connectivity index (χ2n) is 8.74. The molecular formula is C26H28N6O3. The Hall–Kier alpha value is -3.98. The number of carbonyl (C=O) groups excluding carboxylic acids is 1. The van der Waals surface area contributed by atoms with Gasteiger partial charge in [-0.15, -0.1) is 15.3 Å². The van der Waals surface area contributed by atoms with Crippen LogP contribution in [0.5, 0.6) is 5.75 Å². The molecule has 0 aliphatic carbocycles. The summed E-state index contributed by atoms with van der Waals surface area (Å²) in [5.74, 6) is 2.15. The summed E-state index contributed by atoms with van der Waals surface area (Å²) in [4.78, 5) is 17.9. The number of aryl methyl sites for hydroxylation is 1. The van der Waals surface area contributed by atoms with Gasteiger partial charge in [-0.2, -0.15) is 0 Å². The van der Waals surface area contributed by atoms with E-state index < -0.39 is 0 Å². The quantitative estimate of drug-likeness (QED) is 0.419. The molecule has 1 amide bonds. The predicted molar refractivity (Wildman–Crippen MR) is 132 cm³/mol. The maximum absolute atomic E-state index is 13.8. The van der Waals surface area contributed by atoms with Crippen LogP contribution in [0.1, 0.15) is 29.1 Å². The molecule has 1 aliphatic heterocycles. The first-order valence-electron chi connectivity index (χ1n) is 11.6. The Labute approximate surface area is 203 Å². The molecule has 1 fully saturated rings. The van der Waals surface area contributed by atoms with Crippen LogP contribution in [0.4, 0.5) is 5.82 Å². The lowest BCUT2D eigenvalue weighted by molar-refractivity contribution is 0.0962. The molecule has 5 rings (SSSR count). The minimum absolute atomic E-state index is 0.0564. The molecule has 3 heterocycles. The smallest absolute Gasteiger partial charge is 0.259 e. The Morgan fingerprint density at radius 1 is 1.09 bits per heavy atom. The van der Waals surface area contributed by atoms with E-state index in [1.165, 1.54) is 0 Å². The van der Waals surface area contributed by atoms with Crippen molar-refractivity contribution in [2.75, 3.05) is 32.1 Å². The van der Waals surface area contributed by atoms with Gasteiger partial charge in [0, 0.05) is 36.4 Å². The van der Waals surface area contributed by atoms with Crippen molar-refractivity contribution in [1.82, 2.24) is 24.9 Å². The van der Waals surface area contributed by atoms with Crippen LogP contribution in [-0.4, -0.2) is 64.1 Å². The van der Waals surface area contributed by atoms with Crippen molar-refractivity contribution < 1.29 is 13.9 Å². The van der Waals surface area contributed by atoms with Crippen LogP contribution in [0.3, 0.4) is 0 Å². The summed E-state index contributed by atoms with van der Waals surface area (Å²) in [5.41, 5.74) is 2.22. The van der Waals surface area contributed by atoms with Gasteiger partial charge in [0.15, 0.2) is 5.82 Å². The van der Waals surface area contributed by atoms with Crippen LogP contribution in [-0.2, 0) is 0 Å². The van der Waals surface area contributed by atoms with E-state index in [-0.39, 0.29) is 11.9 Å². The van der Waals surface area contributed by atoms with E-state index in [0.717, 1.165) is 37.2 Å². The monoisotopic (exact) mass is 472 g/mol. The molecule has 35 heavy (non-hydrogen) atoms. The SMILES string of the molecule is COc1cccc(C(=O)N(c2ccn(-c3cccc(-c4nnc(C)o4)c3)n2)C2CCN(C)CC2)c1. The summed E-state index contributed by atoms with van der Waals surface area (Å²) in [6.45, 7) is 3.62. The summed E-state index contributed by atoms with van der Waals surface area (Å²) >= 11 is 0.